The lowest BCUT2D eigenvalue weighted by Crippen LogP contribution is -2.54. The largest absolute Gasteiger partial charge is 0.394 e. The molecule has 8 N–H and O–H groups in total. The Morgan fingerprint density at radius 3 is 1.24 bits per heavy atom. The summed E-state index contributed by atoms with van der Waals surface area (Å²) >= 11 is 0. The molecule has 54 heavy (non-hydrogen) atoms. The number of rotatable bonds is 22. The molecule has 0 aliphatic carbocycles. The zero-order valence-electron chi connectivity index (χ0n) is 33.5. The third kappa shape index (κ3) is 16.2. The highest BCUT2D eigenvalue weighted by Gasteiger charge is 2.37. The molecule has 16 nitrogen and oxygen atoms in total. The first kappa shape index (κ1) is 48.7. The smallest absolute Gasteiger partial charge is 0.245 e. The van der Waals surface area contributed by atoms with Crippen LogP contribution in [0.4, 0.5) is 0 Å². The standard InChI is InChI=1S/2C19H35N3O5/c2*1-4-5-6-8-14(11-16(24)21-27)18(25)20-17(13(2)3)19(26)22-10-7-9-15(22)12-23/h2*13-15,17,23,27H,4-12H2,1-3H3,(H,20,25)(H,21,24)/t2*14-,15-,17-/m00/s1. The predicted molar refractivity (Wildman–Crippen MR) is 202 cm³/mol. The predicted octanol–water partition coefficient (Wildman–Crippen LogP) is 2.41. The lowest BCUT2D eigenvalue weighted by atomic mass is 9.94. The van der Waals surface area contributed by atoms with Gasteiger partial charge >= 0.3 is 0 Å². The molecule has 0 aromatic rings. The van der Waals surface area contributed by atoms with Crippen LogP contribution in [0.3, 0.4) is 0 Å². The van der Waals surface area contributed by atoms with Gasteiger partial charge in [0.15, 0.2) is 0 Å². The van der Waals surface area contributed by atoms with Gasteiger partial charge in [-0.05, 0) is 50.4 Å². The van der Waals surface area contributed by atoms with Gasteiger partial charge in [0.25, 0.3) is 0 Å². The lowest BCUT2D eigenvalue weighted by Gasteiger charge is -2.31. The van der Waals surface area contributed by atoms with Crippen molar-refractivity contribution < 1.29 is 49.4 Å². The molecule has 0 aromatic heterocycles. The van der Waals surface area contributed by atoms with Crippen molar-refractivity contribution in [2.24, 2.45) is 23.7 Å². The van der Waals surface area contributed by atoms with E-state index in [1.165, 1.54) is 0 Å². The van der Waals surface area contributed by atoms with Crippen molar-refractivity contribution in [1.82, 2.24) is 31.4 Å². The Morgan fingerprint density at radius 1 is 0.611 bits per heavy atom. The van der Waals surface area contributed by atoms with Crippen LogP contribution in [0.5, 0.6) is 0 Å². The van der Waals surface area contributed by atoms with Gasteiger partial charge in [0, 0.05) is 37.8 Å². The van der Waals surface area contributed by atoms with Gasteiger partial charge < -0.3 is 30.6 Å². The van der Waals surface area contributed by atoms with E-state index in [0.717, 1.165) is 64.2 Å². The van der Waals surface area contributed by atoms with Gasteiger partial charge in [-0.15, -0.1) is 0 Å². The Hall–Kier alpha value is -3.34. The fourth-order valence-corrected chi connectivity index (χ4v) is 7.03. The number of likely N-dealkylation sites (tertiary alicyclic amines) is 2. The topological polar surface area (TPSA) is 238 Å². The van der Waals surface area contributed by atoms with Gasteiger partial charge in [-0.25, -0.2) is 11.0 Å². The number of hydrogen-bond donors (Lipinski definition) is 8. The van der Waals surface area contributed by atoms with E-state index in [-0.39, 0.29) is 73.6 Å². The lowest BCUT2D eigenvalue weighted by molar-refractivity contribution is -0.141. The zero-order chi connectivity index (χ0) is 40.8. The van der Waals surface area contributed by atoms with Crippen molar-refractivity contribution in [3.8, 4) is 0 Å². The minimum Gasteiger partial charge on any atom is -0.394 e. The maximum Gasteiger partial charge on any atom is 0.245 e. The number of hydroxylamine groups is 2. The molecule has 0 bridgehead atoms. The van der Waals surface area contributed by atoms with Gasteiger partial charge in [-0.1, -0.05) is 80.1 Å². The monoisotopic (exact) mass is 771 g/mol. The number of nitrogens with one attached hydrogen (secondary N) is 4. The van der Waals surface area contributed by atoms with Crippen LogP contribution < -0.4 is 21.6 Å². The van der Waals surface area contributed by atoms with Crippen molar-refractivity contribution in [2.75, 3.05) is 26.3 Å². The number of unbranched alkanes of at least 4 members (excludes halogenated alkanes) is 4. The molecule has 0 spiro atoms. The van der Waals surface area contributed by atoms with E-state index >= 15 is 0 Å². The third-order valence-electron chi connectivity index (χ3n) is 10.4. The average molecular weight is 771 g/mol. The van der Waals surface area contributed by atoms with Gasteiger partial charge in [0.05, 0.1) is 25.3 Å². The molecule has 16 heteroatoms. The van der Waals surface area contributed by atoms with Crippen LogP contribution in [0.15, 0.2) is 0 Å². The number of carbonyl (C=O) groups excluding carboxylic acids is 6. The first-order chi connectivity index (χ1) is 25.7. The van der Waals surface area contributed by atoms with E-state index in [4.69, 9.17) is 10.4 Å². The number of aliphatic hydroxyl groups is 2. The molecule has 6 atom stereocenters. The molecule has 0 radical (unpaired) electrons. The molecule has 0 saturated carbocycles. The summed E-state index contributed by atoms with van der Waals surface area (Å²) in [5, 5.41) is 42.1. The summed E-state index contributed by atoms with van der Waals surface area (Å²) in [6.07, 6.45) is 9.49. The van der Waals surface area contributed by atoms with Crippen LogP contribution in [0, 0.1) is 23.7 Å². The molecule has 2 saturated heterocycles. The molecule has 2 rings (SSSR count). The second kappa shape index (κ2) is 26.5. The minimum absolute atomic E-state index is 0.0825. The SMILES string of the molecule is CCCCC[C@@H](CC(=O)NO)C(=O)N[C@H](C(=O)N1CCC[C@H]1CO)C(C)C.CCCCC[C@@H](CC(=O)NO)C(=O)N[C@H](C(=O)N1CCC[C@H]1CO)C(C)C. The first-order valence-corrected chi connectivity index (χ1v) is 20.0. The Bertz CT molecular complexity index is 1080. The van der Waals surface area contributed by atoms with E-state index in [0.29, 0.717) is 25.9 Å². The number of carbonyl (C=O) groups is 6. The van der Waals surface area contributed by atoms with Crippen LogP contribution in [0.1, 0.15) is 131 Å². The number of aliphatic hydroxyl groups excluding tert-OH is 2. The minimum atomic E-state index is -0.699. The van der Waals surface area contributed by atoms with E-state index in [1.807, 2.05) is 27.7 Å². The second-order valence-electron chi connectivity index (χ2n) is 15.3. The van der Waals surface area contributed by atoms with Crippen LogP contribution in [0.2, 0.25) is 0 Å². The fourth-order valence-electron chi connectivity index (χ4n) is 7.03. The van der Waals surface area contributed by atoms with E-state index in [1.54, 1.807) is 20.8 Å². The summed E-state index contributed by atoms with van der Waals surface area (Å²) in [7, 11) is 0. The molecule has 0 unspecified atom stereocenters. The van der Waals surface area contributed by atoms with Crippen LogP contribution in [-0.4, -0.2) is 116 Å². The molecule has 2 aliphatic rings. The summed E-state index contributed by atoms with van der Waals surface area (Å²) in [5.41, 5.74) is 3.15. The van der Waals surface area contributed by atoms with E-state index in [2.05, 4.69) is 24.5 Å². The number of amides is 6. The Balaban J connectivity index is 0.000000540. The van der Waals surface area contributed by atoms with E-state index in [9.17, 15) is 39.0 Å². The highest BCUT2D eigenvalue weighted by atomic mass is 16.5. The molecule has 2 aliphatic heterocycles. The third-order valence-corrected chi connectivity index (χ3v) is 10.4. The van der Waals surface area contributed by atoms with Crippen LogP contribution >= 0.6 is 0 Å². The van der Waals surface area contributed by atoms with E-state index < -0.39 is 35.7 Å². The van der Waals surface area contributed by atoms with Gasteiger partial charge in [0.2, 0.25) is 35.4 Å². The van der Waals surface area contributed by atoms with Crippen molar-refractivity contribution in [2.45, 2.75) is 156 Å². The van der Waals surface area contributed by atoms with Crippen LogP contribution in [-0.2, 0) is 28.8 Å². The molecular weight excluding hydrogens is 700 g/mol. The van der Waals surface area contributed by atoms with Crippen molar-refractivity contribution in [3.63, 3.8) is 0 Å². The van der Waals surface area contributed by atoms with Gasteiger partial charge in [-0.3, -0.25) is 39.2 Å². The summed E-state index contributed by atoms with van der Waals surface area (Å²) in [4.78, 5) is 77.9. The Morgan fingerprint density at radius 2 is 0.963 bits per heavy atom. The average Bonchev–Trinajstić information content (AvgIpc) is 3.84. The second-order valence-corrected chi connectivity index (χ2v) is 15.3. The first-order valence-electron chi connectivity index (χ1n) is 20.0. The highest BCUT2D eigenvalue weighted by Crippen LogP contribution is 2.23. The summed E-state index contributed by atoms with van der Waals surface area (Å²) in [6.45, 7) is 12.5. The Labute approximate surface area is 321 Å². The van der Waals surface area contributed by atoms with Gasteiger partial charge in [-0.2, -0.15) is 0 Å². The maximum atomic E-state index is 12.9. The van der Waals surface area contributed by atoms with Crippen LogP contribution in [0.25, 0.3) is 0 Å². The highest BCUT2D eigenvalue weighted by molar-refractivity contribution is 5.92. The summed E-state index contributed by atoms with van der Waals surface area (Å²) in [6, 6.07) is -1.79. The summed E-state index contributed by atoms with van der Waals surface area (Å²) < 4.78 is 0. The van der Waals surface area contributed by atoms with Crippen molar-refractivity contribution in [3.05, 3.63) is 0 Å². The summed E-state index contributed by atoms with van der Waals surface area (Å²) in [5.74, 6) is -3.72. The molecule has 2 fully saturated rings. The molecule has 312 valence electrons. The molecule has 2 heterocycles. The van der Waals surface area contributed by atoms with Crippen molar-refractivity contribution in [1.29, 1.82) is 0 Å². The molecular formula is C38H70N6O10. The van der Waals surface area contributed by atoms with Crippen molar-refractivity contribution >= 4 is 35.4 Å². The normalized spacial score (nSPS) is 19.0. The zero-order valence-corrected chi connectivity index (χ0v) is 33.5. The Kier molecular flexibility index (Phi) is 23.9. The van der Waals surface area contributed by atoms with Gasteiger partial charge in [0.1, 0.15) is 12.1 Å². The number of nitrogens with zero attached hydrogens (tertiary/aromatic N) is 2. The number of hydrogen-bond acceptors (Lipinski definition) is 10. The quantitative estimate of drug-likeness (QED) is 0.0455. The molecule has 6 amide bonds. The maximum absolute atomic E-state index is 12.9. The fraction of sp³-hybridized carbons (Fsp3) is 0.842. The molecule has 0 aromatic carbocycles.